The molecule has 3 rings (SSSR count). The van der Waals surface area contributed by atoms with Crippen LogP contribution in [0, 0.1) is 11.6 Å². The Hall–Kier alpha value is -1.68. The van der Waals surface area contributed by atoms with E-state index in [-0.39, 0.29) is 35.7 Å². The highest BCUT2D eigenvalue weighted by atomic mass is 127. The predicted octanol–water partition coefficient (Wildman–Crippen LogP) is 4.01. The van der Waals surface area contributed by atoms with Gasteiger partial charge in [0.25, 0.3) is 0 Å². The number of nitrogens with one attached hydrogen (secondary N) is 2. The first-order chi connectivity index (χ1) is 13.6. The SMILES string of the molecule is CCNC(=NCCc1ccc(Cl)nc1)NC1CCN(c2c(F)cccc2F)C1.I. The Bertz CT molecular complexity index is 799. The number of halogens is 4. The Labute approximate surface area is 192 Å². The first-order valence-corrected chi connectivity index (χ1v) is 9.79. The first kappa shape index (κ1) is 23.6. The molecule has 1 saturated heterocycles. The van der Waals surface area contributed by atoms with Gasteiger partial charge in [0, 0.05) is 38.4 Å². The van der Waals surface area contributed by atoms with E-state index in [9.17, 15) is 8.78 Å². The summed E-state index contributed by atoms with van der Waals surface area (Å²) in [5.74, 6) is -0.360. The van der Waals surface area contributed by atoms with Crippen molar-refractivity contribution in [2.24, 2.45) is 4.99 Å². The second-order valence-corrected chi connectivity index (χ2v) is 7.03. The summed E-state index contributed by atoms with van der Waals surface area (Å²) in [4.78, 5) is 10.4. The van der Waals surface area contributed by atoms with E-state index in [1.165, 1.54) is 18.2 Å². The summed E-state index contributed by atoms with van der Waals surface area (Å²) in [5, 5.41) is 7.06. The fourth-order valence-corrected chi connectivity index (χ4v) is 3.35. The molecule has 1 unspecified atom stereocenters. The lowest BCUT2D eigenvalue weighted by Crippen LogP contribution is -2.44. The summed E-state index contributed by atoms with van der Waals surface area (Å²) in [6.45, 7) is 4.43. The monoisotopic (exact) mass is 535 g/mol. The third kappa shape index (κ3) is 6.67. The van der Waals surface area contributed by atoms with Crippen molar-refractivity contribution in [3.8, 4) is 0 Å². The van der Waals surface area contributed by atoms with Gasteiger partial charge in [-0.3, -0.25) is 4.99 Å². The summed E-state index contributed by atoms with van der Waals surface area (Å²) in [6, 6.07) is 7.72. The van der Waals surface area contributed by atoms with Gasteiger partial charge in [-0.25, -0.2) is 13.8 Å². The van der Waals surface area contributed by atoms with E-state index in [0.29, 0.717) is 30.7 Å². The number of para-hydroxylation sites is 1. The maximum atomic E-state index is 14.0. The molecule has 9 heteroatoms. The van der Waals surface area contributed by atoms with Crippen molar-refractivity contribution in [3.05, 3.63) is 58.9 Å². The minimum Gasteiger partial charge on any atom is -0.365 e. The van der Waals surface area contributed by atoms with Crippen LogP contribution in [0.1, 0.15) is 18.9 Å². The largest absolute Gasteiger partial charge is 0.365 e. The standard InChI is InChI=1S/C20H24ClF2N5.HI/c1-2-24-20(25-10-8-14-6-7-18(21)26-12-14)27-15-9-11-28(13-15)19-16(22)4-3-5-17(19)23;/h3-7,12,15H,2,8-11,13H2,1H3,(H2,24,25,27);1H. The molecule has 1 aliphatic rings. The van der Waals surface area contributed by atoms with Crippen LogP contribution in [0.15, 0.2) is 41.5 Å². The zero-order valence-corrected chi connectivity index (χ0v) is 19.3. The zero-order chi connectivity index (χ0) is 19.9. The summed E-state index contributed by atoms with van der Waals surface area (Å²) in [7, 11) is 0. The van der Waals surface area contributed by atoms with Crippen LogP contribution in [-0.4, -0.2) is 43.2 Å². The molecule has 1 aromatic heterocycles. The number of pyridine rings is 1. The fraction of sp³-hybridized carbons (Fsp3) is 0.400. The normalized spacial score (nSPS) is 16.5. The quantitative estimate of drug-likeness (QED) is 0.254. The van der Waals surface area contributed by atoms with Crippen molar-refractivity contribution in [2.45, 2.75) is 25.8 Å². The summed E-state index contributed by atoms with van der Waals surface area (Å²) >= 11 is 5.80. The first-order valence-electron chi connectivity index (χ1n) is 9.41. The summed E-state index contributed by atoms with van der Waals surface area (Å²) < 4.78 is 28.0. The van der Waals surface area contributed by atoms with Gasteiger partial charge in [-0.05, 0) is 43.5 Å². The molecule has 1 atom stereocenters. The van der Waals surface area contributed by atoms with E-state index in [1.54, 1.807) is 17.2 Å². The molecule has 29 heavy (non-hydrogen) atoms. The fourth-order valence-electron chi connectivity index (χ4n) is 3.24. The number of aliphatic imine (C=N–C) groups is 1. The molecule has 2 aromatic rings. The van der Waals surface area contributed by atoms with Crippen molar-refractivity contribution < 1.29 is 8.78 Å². The number of benzene rings is 1. The van der Waals surface area contributed by atoms with Gasteiger partial charge >= 0.3 is 0 Å². The predicted molar refractivity (Wildman–Crippen MR) is 124 cm³/mol. The number of rotatable bonds is 6. The van der Waals surface area contributed by atoms with Gasteiger partial charge in [0.05, 0.1) is 0 Å². The molecule has 2 heterocycles. The number of guanidine groups is 1. The lowest BCUT2D eigenvalue weighted by Gasteiger charge is -2.21. The Morgan fingerprint density at radius 2 is 2.03 bits per heavy atom. The highest BCUT2D eigenvalue weighted by Crippen LogP contribution is 2.26. The van der Waals surface area contributed by atoms with Gasteiger partial charge in [-0.1, -0.05) is 23.7 Å². The van der Waals surface area contributed by atoms with Crippen molar-refractivity contribution in [2.75, 3.05) is 31.1 Å². The molecule has 0 bridgehead atoms. The van der Waals surface area contributed by atoms with Crippen LogP contribution in [0.5, 0.6) is 0 Å². The number of aromatic nitrogens is 1. The molecule has 2 N–H and O–H groups in total. The number of hydrogen-bond donors (Lipinski definition) is 2. The zero-order valence-electron chi connectivity index (χ0n) is 16.2. The second kappa shape index (κ2) is 11.5. The molecule has 0 radical (unpaired) electrons. The Morgan fingerprint density at radius 3 is 2.69 bits per heavy atom. The highest BCUT2D eigenvalue weighted by molar-refractivity contribution is 14.0. The third-order valence-corrected chi connectivity index (χ3v) is 4.81. The molecular weight excluding hydrogens is 511 g/mol. The van der Waals surface area contributed by atoms with Gasteiger partial charge in [0.1, 0.15) is 22.5 Å². The van der Waals surface area contributed by atoms with Crippen LogP contribution < -0.4 is 15.5 Å². The van der Waals surface area contributed by atoms with Crippen LogP contribution in [0.25, 0.3) is 0 Å². The van der Waals surface area contributed by atoms with Crippen LogP contribution in [0.3, 0.4) is 0 Å². The smallest absolute Gasteiger partial charge is 0.191 e. The van der Waals surface area contributed by atoms with Crippen LogP contribution in [0.4, 0.5) is 14.5 Å². The van der Waals surface area contributed by atoms with Crippen LogP contribution in [0.2, 0.25) is 5.15 Å². The molecule has 1 fully saturated rings. The van der Waals surface area contributed by atoms with E-state index in [4.69, 9.17) is 11.6 Å². The Morgan fingerprint density at radius 1 is 1.28 bits per heavy atom. The van der Waals surface area contributed by atoms with Gasteiger partial charge < -0.3 is 15.5 Å². The van der Waals surface area contributed by atoms with E-state index >= 15 is 0 Å². The number of nitrogens with zero attached hydrogens (tertiary/aromatic N) is 3. The second-order valence-electron chi connectivity index (χ2n) is 6.65. The van der Waals surface area contributed by atoms with Gasteiger partial charge in [-0.2, -0.15) is 0 Å². The molecule has 0 saturated carbocycles. The maximum absolute atomic E-state index is 14.0. The average Bonchev–Trinajstić information content (AvgIpc) is 3.11. The average molecular weight is 536 g/mol. The number of hydrogen-bond acceptors (Lipinski definition) is 3. The molecule has 1 aliphatic heterocycles. The van der Waals surface area contributed by atoms with Gasteiger partial charge in [0.2, 0.25) is 0 Å². The van der Waals surface area contributed by atoms with E-state index < -0.39 is 11.6 Å². The van der Waals surface area contributed by atoms with E-state index in [2.05, 4.69) is 20.6 Å². The Balaban J connectivity index is 0.00000300. The molecule has 5 nitrogen and oxygen atoms in total. The summed E-state index contributed by atoms with van der Waals surface area (Å²) in [5.41, 5.74) is 1.11. The highest BCUT2D eigenvalue weighted by Gasteiger charge is 2.27. The lowest BCUT2D eigenvalue weighted by molar-refractivity contribution is 0.576. The molecule has 158 valence electrons. The molecule has 0 spiro atoms. The van der Waals surface area contributed by atoms with Crippen molar-refractivity contribution in [3.63, 3.8) is 0 Å². The minimum absolute atomic E-state index is 0. The molecule has 0 amide bonds. The van der Waals surface area contributed by atoms with Crippen LogP contribution >= 0.6 is 35.6 Å². The van der Waals surface area contributed by atoms with Crippen molar-refractivity contribution in [1.82, 2.24) is 15.6 Å². The summed E-state index contributed by atoms with van der Waals surface area (Å²) in [6.07, 6.45) is 3.27. The van der Waals surface area contributed by atoms with Crippen molar-refractivity contribution >= 4 is 47.2 Å². The van der Waals surface area contributed by atoms with E-state index in [1.807, 2.05) is 13.0 Å². The van der Waals surface area contributed by atoms with Crippen molar-refractivity contribution in [1.29, 1.82) is 0 Å². The van der Waals surface area contributed by atoms with Crippen LogP contribution in [-0.2, 0) is 6.42 Å². The number of anilines is 1. The van der Waals surface area contributed by atoms with E-state index in [0.717, 1.165) is 24.9 Å². The van der Waals surface area contributed by atoms with Gasteiger partial charge in [0.15, 0.2) is 5.96 Å². The Kier molecular flexibility index (Phi) is 9.35. The topological polar surface area (TPSA) is 52.6 Å². The molecular formula is C20H25ClF2IN5. The minimum atomic E-state index is -0.530. The lowest BCUT2D eigenvalue weighted by atomic mass is 10.2. The van der Waals surface area contributed by atoms with Gasteiger partial charge in [-0.15, -0.1) is 24.0 Å². The molecule has 1 aromatic carbocycles. The third-order valence-electron chi connectivity index (χ3n) is 4.59. The molecule has 0 aliphatic carbocycles. The maximum Gasteiger partial charge on any atom is 0.191 e.